The van der Waals surface area contributed by atoms with E-state index in [1.807, 2.05) is 13.8 Å². The average molecular weight is 357 g/mol. The Hall–Kier alpha value is -3.29. The van der Waals surface area contributed by atoms with Crippen molar-refractivity contribution in [3.8, 4) is 22.8 Å². The molecule has 0 spiro atoms. The van der Waals surface area contributed by atoms with Crippen LogP contribution in [0.3, 0.4) is 0 Å². The van der Waals surface area contributed by atoms with E-state index >= 15 is 0 Å². The lowest BCUT2D eigenvalue weighted by atomic mass is 10.2. The van der Waals surface area contributed by atoms with Crippen LogP contribution in [0.15, 0.2) is 50.1 Å². The quantitative estimate of drug-likeness (QED) is 0.550. The molecule has 0 fully saturated rings. The van der Waals surface area contributed by atoms with Gasteiger partial charge in [-0.15, -0.1) is 0 Å². The fourth-order valence-corrected chi connectivity index (χ4v) is 2.80. The van der Waals surface area contributed by atoms with E-state index in [0.717, 1.165) is 18.2 Å². The summed E-state index contributed by atoms with van der Waals surface area (Å²) >= 11 is 0. The van der Waals surface area contributed by atoms with Gasteiger partial charge < -0.3 is 8.94 Å². The minimum Gasteiger partial charge on any atom is -0.408 e. The van der Waals surface area contributed by atoms with Crippen molar-refractivity contribution < 1.29 is 17.7 Å². The maximum atomic E-state index is 13.3. The molecule has 4 aromatic rings. The Bertz CT molecular complexity index is 1150. The second kappa shape index (κ2) is 5.91. The highest BCUT2D eigenvalue weighted by atomic mass is 19.1. The number of fused-ring (bicyclic) bond motifs is 1. The van der Waals surface area contributed by atoms with Crippen LogP contribution in [0.5, 0.6) is 0 Å². The molecule has 2 aromatic carbocycles. The van der Waals surface area contributed by atoms with Crippen LogP contribution in [0.25, 0.3) is 33.9 Å². The van der Waals surface area contributed by atoms with Crippen LogP contribution in [0.1, 0.15) is 19.9 Å². The molecule has 0 atom stereocenters. The summed E-state index contributed by atoms with van der Waals surface area (Å²) in [6, 6.07) is 7.99. The molecule has 4 rings (SSSR count). The third-order valence-electron chi connectivity index (χ3n) is 3.92. The molecule has 8 heteroatoms. The highest BCUT2D eigenvalue weighted by molar-refractivity contribution is 5.79. The highest BCUT2D eigenvalue weighted by Crippen LogP contribution is 2.26. The van der Waals surface area contributed by atoms with Crippen molar-refractivity contribution in [2.45, 2.75) is 19.9 Å². The minimum atomic E-state index is -0.738. The van der Waals surface area contributed by atoms with Gasteiger partial charge in [0.15, 0.2) is 5.58 Å². The zero-order valence-corrected chi connectivity index (χ0v) is 13.9. The smallest absolute Gasteiger partial charge is 0.408 e. The number of aromatic nitrogens is 3. The van der Waals surface area contributed by atoms with E-state index in [9.17, 15) is 13.6 Å². The van der Waals surface area contributed by atoms with Crippen molar-refractivity contribution in [3.63, 3.8) is 0 Å². The van der Waals surface area contributed by atoms with Crippen LogP contribution in [0.4, 0.5) is 8.78 Å². The molecule has 0 saturated heterocycles. The first kappa shape index (κ1) is 16.2. The summed E-state index contributed by atoms with van der Waals surface area (Å²) in [5.74, 6) is -1.72. The van der Waals surface area contributed by atoms with Gasteiger partial charge in [-0.3, -0.25) is 4.57 Å². The van der Waals surface area contributed by atoms with Crippen LogP contribution in [0.2, 0.25) is 0 Å². The van der Waals surface area contributed by atoms with Crippen molar-refractivity contribution in [3.05, 3.63) is 58.6 Å². The number of nitrogens with zero attached hydrogens (tertiary/aromatic N) is 3. The van der Waals surface area contributed by atoms with Crippen molar-refractivity contribution in [1.29, 1.82) is 0 Å². The third-order valence-corrected chi connectivity index (χ3v) is 3.92. The fraction of sp³-hybridized carbons (Fsp3) is 0.167. The van der Waals surface area contributed by atoms with E-state index < -0.39 is 17.4 Å². The molecule has 0 aliphatic carbocycles. The Kier molecular flexibility index (Phi) is 3.68. The molecule has 0 bridgehead atoms. The monoisotopic (exact) mass is 357 g/mol. The van der Waals surface area contributed by atoms with Crippen LogP contribution in [-0.4, -0.2) is 14.7 Å². The number of halogens is 2. The molecule has 0 aliphatic heterocycles. The summed E-state index contributed by atoms with van der Waals surface area (Å²) in [6.45, 7) is 3.77. The lowest BCUT2D eigenvalue weighted by Gasteiger charge is -2.04. The predicted molar refractivity (Wildman–Crippen MR) is 89.5 cm³/mol. The summed E-state index contributed by atoms with van der Waals surface area (Å²) in [6.07, 6.45) is 0. The van der Waals surface area contributed by atoms with Crippen molar-refractivity contribution in [1.82, 2.24) is 14.7 Å². The van der Waals surface area contributed by atoms with E-state index in [-0.39, 0.29) is 23.3 Å². The first-order valence-corrected chi connectivity index (χ1v) is 7.88. The second-order valence-corrected chi connectivity index (χ2v) is 6.10. The molecule has 0 aliphatic rings. The second-order valence-electron chi connectivity index (χ2n) is 6.10. The van der Waals surface area contributed by atoms with Gasteiger partial charge in [0.1, 0.15) is 11.6 Å². The molecule has 6 nitrogen and oxygen atoms in total. The van der Waals surface area contributed by atoms with Gasteiger partial charge in [-0.1, -0.05) is 5.16 Å². The molecule has 0 unspecified atom stereocenters. The maximum absolute atomic E-state index is 13.3. The third kappa shape index (κ3) is 2.69. The standard InChI is InChI=1S/C18H13F2N3O3/c1-9(2)23-14-4-3-10(7-15(14)25-18(23)24)16-21-17(26-22-16)11-5-12(19)8-13(20)6-11/h3-9H,1-2H3. The molecular formula is C18H13F2N3O3. The Balaban J connectivity index is 1.77. The lowest BCUT2D eigenvalue weighted by molar-refractivity contribution is 0.431. The van der Waals surface area contributed by atoms with Gasteiger partial charge in [0, 0.05) is 23.2 Å². The van der Waals surface area contributed by atoms with E-state index in [4.69, 9.17) is 8.94 Å². The van der Waals surface area contributed by atoms with Gasteiger partial charge >= 0.3 is 5.76 Å². The van der Waals surface area contributed by atoms with Crippen molar-refractivity contribution in [2.75, 3.05) is 0 Å². The van der Waals surface area contributed by atoms with Crippen LogP contribution in [-0.2, 0) is 0 Å². The zero-order valence-electron chi connectivity index (χ0n) is 13.9. The Morgan fingerprint density at radius 3 is 2.46 bits per heavy atom. The van der Waals surface area contributed by atoms with E-state index in [1.54, 1.807) is 18.2 Å². The Morgan fingerprint density at radius 1 is 1.04 bits per heavy atom. The van der Waals surface area contributed by atoms with Crippen LogP contribution in [0, 0.1) is 11.6 Å². The molecule has 0 amide bonds. The predicted octanol–water partition coefficient (Wildman–Crippen LogP) is 4.17. The van der Waals surface area contributed by atoms with E-state index in [1.165, 1.54) is 4.57 Å². The van der Waals surface area contributed by atoms with E-state index in [0.29, 0.717) is 16.7 Å². The molecular weight excluding hydrogens is 344 g/mol. The lowest BCUT2D eigenvalue weighted by Crippen LogP contribution is -2.15. The summed E-state index contributed by atoms with van der Waals surface area (Å²) < 4.78 is 38.6. The molecule has 2 heterocycles. The van der Waals surface area contributed by atoms with Crippen LogP contribution >= 0.6 is 0 Å². The van der Waals surface area contributed by atoms with Gasteiger partial charge in [-0.2, -0.15) is 4.98 Å². The Labute approximate surface area is 145 Å². The van der Waals surface area contributed by atoms with Gasteiger partial charge in [0.05, 0.1) is 5.52 Å². The molecule has 132 valence electrons. The molecule has 26 heavy (non-hydrogen) atoms. The first-order chi connectivity index (χ1) is 12.4. The summed E-state index contributed by atoms with van der Waals surface area (Å²) in [5.41, 5.74) is 1.74. The van der Waals surface area contributed by atoms with Crippen molar-refractivity contribution >= 4 is 11.1 Å². The number of benzene rings is 2. The van der Waals surface area contributed by atoms with Gasteiger partial charge in [0.25, 0.3) is 5.89 Å². The fourth-order valence-electron chi connectivity index (χ4n) is 2.80. The maximum Gasteiger partial charge on any atom is 0.420 e. The van der Waals surface area contributed by atoms with E-state index in [2.05, 4.69) is 10.1 Å². The number of hydrogen-bond donors (Lipinski definition) is 0. The number of rotatable bonds is 3. The summed E-state index contributed by atoms with van der Waals surface area (Å²) in [7, 11) is 0. The molecule has 2 aromatic heterocycles. The zero-order chi connectivity index (χ0) is 18.4. The normalized spacial score (nSPS) is 11.6. The highest BCUT2D eigenvalue weighted by Gasteiger charge is 2.16. The topological polar surface area (TPSA) is 74.1 Å². The Morgan fingerprint density at radius 2 is 1.77 bits per heavy atom. The van der Waals surface area contributed by atoms with Gasteiger partial charge in [-0.05, 0) is 44.2 Å². The number of hydrogen-bond acceptors (Lipinski definition) is 5. The molecule has 0 radical (unpaired) electrons. The molecule has 0 saturated carbocycles. The largest absolute Gasteiger partial charge is 0.420 e. The minimum absolute atomic E-state index is 0.0142. The van der Waals surface area contributed by atoms with Gasteiger partial charge in [-0.25, -0.2) is 13.6 Å². The van der Waals surface area contributed by atoms with Crippen LogP contribution < -0.4 is 5.76 Å². The van der Waals surface area contributed by atoms with Crippen molar-refractivity contribution in [2.24, 2.45) is 0 Å². The average Bonchev–Trinajstić information content (AvgIpc) is 3.16. The van der Waals surface area contributed by atoms with Gasteiger partial charge in [0.2, 0.25) is 5.82 Å². The SMILES string of the molecule is CC(C)n1c(=O)oc2cc(-c3noc(-c4cc(F)cc(F)c4)n3)ccc21. The summed E-state index contributed by atoms with van der Waals surface area (Å²) in [4.78, 5) is 16.1. The molecule has 0 N–H and O–H groups in total. The number of oxazole rings is 1. The summed E-state index contributed by atoms with van der Waals surface area (Å²) in [5, 5.41) is 3.84. The first-order valence-electron chi connectivity index (χ1n) is 7.88.